The van der Waals surface area contributed by atoms with Gasteiger partial charge in [0.2, 0.25) is 0 Å². The van der Waals surface area contributed by atoms with Crippen molar-refractivity contribution in [3.63, 3.8) is 0 Å². The van der Waals surface area contributed by atoms with Crippen LogP contribution in [-0.4, -0.2) is 67.7 Å². The van der Waals surface area contributed by atoms with E-state index in [2.05, 4.69) is 4.84 Å². The lowest BCUT2D eigenvalue weighted by Gasteiger charge is -2.19. The van der Waals surface area contributed by atoms with Gasteiger partial charge in [-0.1, -0.05) is 0 Å². The van der Waals surface area contributed by atoms with Gasteiger partial charge in [0, 0.05) is 20.1 Å². The first-order chi connectivity index (χ1) is 6.93. The molecule has 2 N–H and O–H groups in total. The number of rotatable bonds is 6. The number of nitrogens with zero attached hydrogens (tertiary/aromatic N) is 2. The van der Waals surface area contributed by atoms with Gasteiger partial charge in [0.25, 0.3) is 0 Å². The first kappa shape index (κ1) is 13.7. The van der Waals surface area contributed by atoms with Crippen LogP contribution in [0.4, 0.5) is 4.79 Å². The number of nitrogens with one attached hydrogen (secondary N) is 1. The summed E-state index contributed by atoms with van der Waals surface area (Å²) in [4.78, 5) is 29.1. The highest BCUT2D eigenvalue weighted by Gasteiger charge is 2.08. The highest BCUT2D eigenvalue weighted by Crippen LogP contribution is 1.85. The number of hydrogen-bond acceptors (Lipinski definition) is 4. The Bertz CT molecular complexity index is 220. The predicted octanol–water partition coefficient (Wildman–Crippen LogP) is -0.794. The minimum Gasteiger partial charge on any atom is -0.479 e. The number of hydrogen-bond donors (Lipinski definition) is 2. The third-order valence-electron chi connectivity index (χ3n) is 1.58. The zero-order chi connectivity index (χ0) is 11.8. The molecule has 0 bridgehead atoms. The highest BCUT2D eigenvalue weighted by atomic mass is 16.7. The number of carboxylic acids is 1. The summed E-state index contributed by atoms with van der Waals surface area (Å²) in [5.74, 6) is -1.13. The second-order valence-corrected chi connectivity index (χ2v) is 3.31. The van der Waals surface area contributed by atoms with E-state index < -0.39 is 18.6 Å². The summed E-state index contributed by atoms with van der Waals surface area (Å²) in [5.41, 5.74) is 2.03. The Hall–Kier alpha value is -1.34. The SMILES string of the molecule is CN(C)CCN(C)C(=O)NOCC(=O)O. The Morgan fingerprint density at radius 2 is 1.87 bits per heavy atom. The topological polar surface area (TPSA) is 82.1 Å². The lowest BCUT2D eigenvalue weighted by atomic mass is 10.5. The molecule has 0 radical (unpaired) electrons. The molecule has 0 aromatic rings. The molecule has 0 fully saturated rings. The standard InChI is InChI=1S/C8H17N3O4/c1-10(2)4-5-11(3)8(14)9-15-6-7(12)13/h4-6H2,1-3H3,(H,9,14)(H,12,13). The lowest BCUT2D eigenvalue weighted by molar-refractivity contribution is -0.144. The molecule has 88 valence electrons. The van der Waals surface area contributed by atoms with Crippen LogP contribution in [-0.2, 0) is 9.63 Å². The van der Waals surface area contributed by atoms with Crippen molar-refractivity contribution in [1.29, 1.82) is 0 Å². The van der Waals surface area contributed by atoms with Gasteiger partial charge in [-0.25, -0.2) is 15.1 Å². The Kier molecular flexibility index (Phi) is 6.39. The van der Waals surface area contributed by atoms with Crippen LogP contribution in [0.3, 0.4) is 0 Å². The van der Waals surface area contributed by atoms with Gasteiger partial charge in [-0.15, -0.1) is 0 Å². The van der Waals surface area contributed by atoms with Crippen LogP contribution in [0, 0.1) is 0 Å². The molecule has 0 aliphatic heterocycles. The average Bonchev–Trinajstić information content (AvgIpc) is 2.13. The number of carboxylic acid groups (broad SMARTS) is 1. The van der Waals surface area contributed by atoms with E-state index in [-0.39, 0.29) is 0 Å². The predicted molar refractivity (Wildman–Crippen MR) is 53.3 cm³/mol. The maximum Gasteiger partial charge on any atom is 0.341 e. The number of amides is 2. The molecule has 0 aliphatic carbocycles. The van der Waals surface area contributed by atoms with Crippen LogP contribution in [0.15, 0.2) is 0 Å². The number of likely N-dealkylation sites (N-methyl/N-ethyl adjacent to an activating group) is 2. The van der Waals surface area contributed by atoms with Crippen molar-refractivity contribution in [2.24, 2.45) is 0 Å². The van der Waals surface area contributed by atoms with E-state index in [0.29, 0.717) is 6.54 Å². The quantitative estimate of drug-likeness (QED) is 0.572. The fourth-order valence-electron chi connectivity index (χ4n) is 0.689. The molecule has 0 aliphatic rings. The monoisotopic (exact) mass is 219 g/mol. The molecule has 7 nitrogen and oxygen atoms in total. The van der Waals surface area contributed by atoms with Crippen molar-refractivity contribution in [3.8, 4) is 0 Å². The van der Waals surface area contributed by atoms with Gasteiger partial charge < -0.3 is 14.9 Å². The molecule has 0 aromatic carbocycles. The average molecular weight is 219 g/mol. The van der Waals surface area contributed by atoms with E-state index >= 15 is 0 Å². The fraction of sp³-hybridized carbons (Fsp3) is 0.750. The van der Waals surface area contributed by atoms with Gasteiger partial charge in [0.15, 0.2) is 6.61 Å². The minimum atomic E-state index is -1.13. The molecular formula is C8H17N3O4. The van der Waals surface area contributed by atoms with Gasteiger partial charge in [-0.2, -0.15) is 0 Å². The Balaban J connectivity index is 3.64. The summed E-state index contributed by atoms with van der Waals surface area (Å²) in [6.07, 6.45) is 0. The van der Waals surface area contributed by atoms with E-state index in [4.69, 9.17) is 5.11 Å². The van der Waals surface area contributed by atoms with Gasteiger partial charge in [-0.05, 0) is 14.1 Å². The normalized spacial score (nSPS) is 10.1. The second kappa shape index (κ2) is 7.02. The molecule has 15 heavy (non-hydrogen) atoms. The molecule has 0 saturated carbocycles. The maximum atomic E-state index is 11.2. The van der Waals surface area contributed by atoms with Gasteiger partial charge in [0.05, 0.1) is 0 Å². The van der Waals surface area contributed by atoms with E-state index in [1.165, 1.54) is 4.90 Å². The molecule has 0 unspecified atom stereocenters. The van der Waals surface area contributed by atoms with Crippen LogP contribution < -0.4 is 5.48 Å². The first-order valence-corrected chi connectivity index (χ1v) is 4.43. The summed E-state index contributed by atoms with van der Waals surface area (Å²) in [5, 5.41) is 8.24. The van der Waals surface area contributed by atoms with Crippen LogP contribution >= 0.6 is 0 Å². The molecule has 0 spiro atoms. The van der Waals surface area contributed by atoms with Gasteiger partial charge in [0.1, 0.15) is 0 Å². The van der Waals surface area contributed by atoms with E-state index in [9.17, 15) is 9.59 Å². The molecule has 2 amide bonds. The Morgan fingerprint density at radius 1 is 1.27 bits per heavy atom. The van der Waals surface area contributed by atoms with E-state index in [1.54, 1.807) is 7.05 Å². The summed E-state index contributed by atoms with van der Waals surface area (Å²) in [7, 11) is 5.39. The highest BCUT2D eigenvalue weighted by molar-refractivity contribution is 5.73. The molecule has 0 heterocycles. The number of carbonyl (C=O) groups excluding carboxylic acids is 1. The van der Waals surface area contributed by atoms with Crippen molar-refractivity contribution in [3.05, 3.63) is 0 Å². The Morgan fingerprint density at radius 3 is 2.33 bits per heavy atom. The van der Waals surface area contributed by atoms with Crippen LogP contribution in [0.5, 0.6) is 0 Å². The third-order valence-corrected chi connectivity index (χ3v) is 1.58. The zero-order valence-electron chi connectivity index (χ0n) is 9.19. The molecule has 0 saturated heterocycles. The maximum absolute atomic E-state index is 11.2. The second-order valence-electron chi connectivity index (χ2n) is 3.31. The first-order valence-electron chi connectivity index (χ1n) is 4.43. The third kappa shape index (κ3) is 7.71. The number of urea groups is 1. The summed E-state index contributed by atoms with van der Waals surface area (Å²) in [6, 6.07) is -0.460. The van der Waals surface area contributed by atoms with Gasteiger partial charge in [-0.3, -0.25) is 4.84 Å². The molecule has 0 rings (SSSR count). The minimum absolute atomic E-state index is 0.460. The van der Waals surface area contributed by atoms with Crippen LogP contribution in [0.2, 0.25) is 0 Å². The summed E-state index contributed by atoms with van der Waals surface area (Å²) in [6.45, 7) is 0.714. The summed E-state index contributed by atoms with van der Waals surface area (Å²) >= 11 is 0. The van der Waals surface area contributed by atoms with E-state index in [0.717, 1.165) is 6.54 Å². The van der Waals surface area contributed by atoms with Crippen LogP contribution in [0.25, 0.3) is 0 Å². The van der Waals surface area contributed by atoms with Crippen molar-refractivity contribution in [2.45, 2.75) is 0 Å². The molecule has 0 atom stereocenters. The Labute approximate surface area is 88.5 Å². The van der Waals surface area contributed by atoms with Crippen molar-refractivity contribution in [2.75, 3.05) is 40.8 Å². The number of aliphatic carboxylic acids is 1. The van der Waals surface area contributed by atoms with Crippen molar-refractivity contribution >= 4 is 12.0 Å². The molecule has 7 heteroatoms. The number of hydroxylamine groups is 1. The lowest BCUT2D eigenvalue weighted by Crippen LogP contribution is -2.41. The van der Waals surface area contributed by atoms with Crippen LogP contribution in [0.1, 0.15) is 0 Å². The summed E-state index contributed by atoms with van der Waals surface area (Å²) < 4.78 is 0. The molecule has 0 aromatic heterocycles. The molecular weight excluding hydrogens is 202 g/mol. The largest absolute Gasteiger partial charge is 0.479 e. The van der Waals surface area contributed by atoms with Gasteiger partial charge >= 0.3 is 12.0 Å². The smallest absolute Gasteiger partial charge is 0.341 e. The zero-order valence-corrected chi connectivity index (χ0v) is 9.19. The van der Waals surface area contributed by atoms with E-state index in [1.807, 2.05) is 24.5 Å². The number of carbonyl (C=O) groups is 2. The van der Waals surface area contributed by atoms with Crippen molar-refractivity contribution in [1.82, 2.24) is 15.3 Å². The van der Waals surface area contributed by atoms with Crippen molar-refractivity contribution < 1.29 is 19.5 Å². The fourth-order valence-corrected chi connectivity index (χ4v) is 0.689.